The molecule has 1 amide bonds. The average Bonchev–Trinajstić information content (AvgIpc) is 3.47. The molecule has 0 aliphatic carbocycles. The van der Waals surface area contributed by atoms with Gasteiger partial charge >= 0.3 is 5.97 Å². The quantitative estimate of drug-likeness (QED) is 0.298. The molecule has 8 nitrogen and oxygen atoms in total. The topological polar surface area (TPSA) is 99.6 Å². The first-order valence-corrected chi connectivity index (χ1v) is 12.4. The Labute approximate surface area is 224 Å². The summed E-state index contributed by atoms with van der Waals surface area (Å²) in [6, 6.07) is 30.1. The van der Waals surface area contributed by atoms with E-state index in [9.17, 15) is 9.59 Å². The van der Waals surface area contributed by atoms with Crippen LogP contribution in [0, 0.1) is 0 Å². The third-order valence-corrected chi connectivity index (χ3v) is 6.26. The second-order valence-electron chi connectivity index (χ2n) is 8.90. The summed E-state index contributed by atoms with van der Waals surface area (Å²) >= 11 is 0. The molecule has 0 fully saturated rings. The molecular weight excluding hydrogens is 494 g/mol. The van der Waals surface area contributed by atoms with E-state index in [-0.39, 0.29) is 18.9 Å². The summed E-state index contributed by atoms with van der Waals surface area (Å²) in [5, 5.41) is 2.74. The van der Waals surface area contributed by atoms with Crippen LogP contribution in [0.5, 0.6) is 11.5 Å². The fourth-order valence-corrected chi connectivity index (χ4v) is 4.29. The molecule has 0 unspecified atom stereocenters. The maximum Gasteiger partial charge on any atom is 0.338 e. The minimum atomic E-state index is -0.620. The van der Waals surface area contributed by atoms with Gasteiger partial charge in [0, 0.05) is 17.7 Å². The normalized spacial score (nSPS) is 11.8. The smallest absolute Gasteiger partial charge is 0.338 e. The highest BCUT2D eigenvalue weighted by molar-refractivity contribution is 5.96. The fourth-order valence-electron chi connectivity index (χ4n) is 4.29. The molecule has 0 atom stereocenters. The Morgan fingerprint density at radius 3 is 2.13 bits per heavy atom. The summed E-state index contributed by atoms with van der Waals surface area (Å²) in [6.07, 6.45) is 0. The summed E-state index contributed by atoms with van der Waals surface area (Å²) in [6.45, 7) is 0.0448. The Morgan fingerprint density at radius 1 is 0.744 bits per heavy atom. The SMILES string of the molecule is O=C(COC(=O)c1ccc2nc(-c3ccccc3)c(-c3ccccc3)nc2c1)NCc1ccc2c(c1)OCO2. The van der Waals surface area contributed by atoms with Crippen LogP contribution in [0.25, 0.3) is 33.5 Å². The highest BCUT2D eigenvalue weighted by atomic mass is 16.7. The van der Waals surface area contributed by atoms with Crippen molar-refractivity contribution in [3.63, 3.8) is 0 Å². The highest BCUT2D eigenvalue weighted by Crippen LogP contribution is 2.33. The van der Waals surface area contributed by atoms with Gasteiger partial charge in [0.2, 0.25) is 6.79 Å². The number of nitrogens with one attached hydrogen (secondary N) is 1. The third-order valence-electron chi connectivity index (χ3n) is 6.26. The molecule has 0 spiro atoms. The molecule has 6 rings (SSSR count). The number of hydrogen-bond donors (Lipinski definition) is 1. The zero-order valence-electron chi connectivity index (χ0n) is 20.8. The van der Waals surface area contributed by atoms with E-state index >= 15 is 0 Å². The van der Waals surface area contributed by atoms with Gasteiger partial charge in [-0.2, -0.15) is 0 Å². The van der Waals surface area contributed by atoms with Crippen LogP contribution in [-0.2, 0) is 16.1 Å². The minimum absolute atomic E-state index is 0.184. The largest absolute Gasteiger partial charge is 0.454 e. The molecule has 0 bridgehead atoms. The van der Waals surface area contributed by atoms with Crippen molar-refractivity contribution in [2.24, 2.45) is 0 Å². The number of hydrogen-bond acceptors (Lipinski definition) is 7. The van der Waals surface area contributed by atoms with Gasteiger partial charge in [-0.3, -0.25) is 4.79 Å². The van der Waals surface area contributed by atoms with Gasteiger partial charge in [0.15, 0.2) is 18.1 Å². The predicted molar refractivity (Wildman–Crippen MR) is 145 cm³/mol. The first-order chi connectivity index (χ1) is 19.1. The maximum atomic E-state index is 12.8. The lowest BCUT2D eigenvalue weighted by atomic mass is 10.0. The van der Waals surface area contributed by atoms with E-state index < -0.39 is 18.5 Å². The average molecular weight is 518 g/mol. The van der Waals surface area contributed by atoms with Crippen LogP contribution in [0.4, 0.5) is 0 Å². The van der Waals surface area contributed by atoms with Crippen molar-refractivity contribution in [2.45, 2.75) is 6.54 Å². The molecule has 8 heteroatoms. The Balaban J connectivity index is 1.17. The molecule has 1 N–H and O–H groups in total. The fraction of sp³-hybridized carbons (Fsp3) is 0.0968. The Bertz CT molecular complexity index is 1670. The van der Waals surface area contributed by atoms with E-state index in [0.29, 0.717) is 28.2 Å². The number of esters is 1. The van der Waals surface area contributed by atoms with Crippen LogP contribution in [0.3, 0.4) is 0 Å². The van der Waals surface area contributed by atoms with Crippen molar-refractivity contribution in [1.82, 2.24) is 15.3 Å². The minimum Gasteiger partial charge on any atom is -0.454 e. The number of ether oxygens (including phenoxy) is 3. The summed E-state index contributed by atoms with van der Waals surface area (Å²) in [7, 11) is 0. The summed E-state index contributed by atoms with van der Waals surface area (Å²) in [4.78, 5) is 34.8. The number of nitrogens with zero attached hydrogens (tertiary/aromatic N) is 2. The van der Waals surface area contributed by atoms with E-state index in [1.54, 1.807) is 30.3 Å². The molecule has 4 aromatic carbocycles. The van der Waals surface area contributed by atoms with E-state index in [2.05, 4.69) is 5.32 Å². The van der Waals surface area contributed by atoms with Gasteiger partial charge in [0.25, 0.3) is 5.91 Å². The van der Waals surface area contributed by atoms with Crippen LogP contribution >= 0.6 is 0 Å². The zero-order valence-corrected chi connectivity index (χ0v) is 20.8. The maximum absolute atomic E-state index is 12.8. The van der Waals surface area contributed by atoms with Gasteiger partial charge in [0.1, 0.15) is 0 Å². The van der Waals surface area contributed by atoms with Gasteiger partial charge in [-0.1, -0.05) is 66.7 Å². The lowest BCUT2D eigenvalue weighted by Crippen LogP contribution is -2.28. The van der Waals surface area contributed by atoms with Crippen LogP contribution in [0.15, 0.2) is 97.1 Å². The van der Waals surface area contributed by atoms with Crippen LogP contribution in [0.2, 0.25) is 0 Å². The van der Waals surface area contributed by atoms with Crippen LogP contribution in [0.1, 0.15) is 15.9 Å². The molecule has 0 radical (unpaired) electrons. The van der Waals surface area contributed by atoms with Gasteiger partial charge < -0.3 is 19.5 Å². The number of carbonyl (C=O) groups excluding carboxylic acids is 2. The number of rotatable bonds is 7. The van der Waals surface area contributed by atoms with Crippen molar-refractivity contribution >= 4 is 22.9 Å². The number of amides is 1. The number of fused-ring (bicyclic) bond motifs is 2. The van der Waals surface area contributed by atoms with Crippen molar-refractivity contribution in [3.05, 3.63) is 108 Å². The van der Waals surface area contributed by atoms with Crippen molar-refractivity contribution in [2.75, 3.05) is 13.4 Å². The predicted octanol–water partition coefficient (Wildman–Crippen LogP) is 5.17. The molecule has 1 aliphatic heterocycles. The molecule has 0 saturated carbocycles. The lowest BCUT2D eigenvalue weighted by Gasteiger charge is -2.11. The number of carbonyl (C=O) groups is 2. The summed E-state index contributed by atoms with van der Waals surface area (Å²) in [5.74, 6) is 0.274. The molecule has 2 heterocycles. The molecule has 0 saturated heterocycles. The van der Waals surface area contributed by atoms with Crippen LogP contribution in [-0.4, -0.2) is 35.2 Å². The molecule has 1 aromatic heterocycles. The monoisotopic (exact) mass is 517 g/mol. The van der Waals surface area contributed by atoms with E-state index in [1.165, 1.54) is 0 Å². The third kappa shape index (κ3) is 5.26. The van der Waals surface area contributed by atoms with Gasteiger partial charge in [-0.15, -0.1) is 0 Å². The van der Waals surface area contributed by atoms with Crippen molar-refractivity contribution in [3.8, 4) is 34.0 Å². The van der Waals surface area contributed by atoms with Crippen molar-refractivity contribution in [1.29, 1.82) is 0 Å². The summed E-state index contributed by atoms with van der Waals surface area (Å²) < 4.78 is 15.9. The Morgan fingerprint density at radius 2 is 1.41 bits per heavy atom. The van der Waals surface area contributed by atoms with E-state index in [4.69, 9.17) is 24.2 Å². The van der Waals surface area contributed by atoms with Crippen LogP contribution < -0.4 is 14.8 Å². The van der Waals surface area contributed by atoms with E-state index in [0.717, 1.165) is 22.4 Å². The molecular formula is C31H23N3O5. The first kappa shape index (κ1) is 24.1. The highest BCUT2D eigenvalue weighted by Gasteiger charge is 2.17. The lowest BCUT2D eigenvalue weighted by molar-refractivity contribution is -0.124. The second kappa shape index (κ2) is 10.6. The second-order valence-corrected chi connectivity index (χ2v) is 8.90. The first-order valence-electron chi connectivity index (χ1n) is 12.4. The van der Waals surface area contributed by atoms with Gasteiger partial charge in [0.05, 0.1) is 28.0 Å². The Hall–Kier alpha value is -5.24. The summed E-state index contributed by atoms with van der Waals surface area (Å²) in [5.41, 5.74) is 5.65. The van der Waals surface area contributed by atoms with Gasteiger partial charge in [-0.25, -0.2) is 14.8 Å². The molecule has 1 aliphatic rings. The van der Waals surface area contributed by atoms with Gasteiger partial charge in [-0.05, 0) is 35.9 Å². The molecule has 39 heavy (non-hydrogen) atoms. The standard InChI is InChI=1S/C31H23N3O5/c35-28(32-17-20-11-14-26-27(15-20)39-19-38-26)18-37-31(36)23-12-13-24-25(16-23)34-30(22-9-5-2-6-10-22)29(33-24)21-7-3-1-4-8-21/h1-16H,17-19H2,(H,32,35). The zero-order chi connectivity index (χ0) is 26.6. The number of aromatic nitrogens is 2. The molecule has 5 aromatic rings. The van der Waals surface area contributed by atoms with Crippen molar-refractivity contribution < 1.29 is 23.8 Å². The molecule has 192 valence electrons. The number of benzene rings is 4. The van der Waals surface area contributed by atoms with E-state index in [1.807, 2.05) is 66.7 Å². The Kier molecular flexibility index (Phi) is 6.57.